The molecule has 2 N–H and O–H groups in total. The fraction of sp³-hybridized carbons (Fsp3) is 0.278. The lowest BCUT2D eigenvalue weighted by Crippen LogP contribution is -2.16. The molecule has 1 aliphatic heterocycles. The minimum atomic E-state index is -0.126. The van der Waals surface area contributed by atoms with Gasteiger partial charge in [-0.3, -0.25) is 4.79 Å². The Morgan fingerprint density at radius 2 is 2.08 bits per heavy atom. The third kappa shape index (κ3) is 2.65. The van der Waals surface area contributed by atoms with Crippen LogP contribution < -0.4 is 10.6 Å². The SMILES string of the molecule is Cc1nn2cccnc2c1NC(=O)c1ccc2c(c1)CCNCC2. The number of carbonyl (C=O) groups is 1. The summed E-state index contributed by atoms with van der Waals surface area (Å²) in [5.74, 6) is -0.126. The third-order valence-electron chi connectivity index (χ3n) is 4.42. The van der Waals surface area contributed by atoms with Gasteiger partial charge in [-0.25, -0.2) is 9.50 Å². The lowest BCUT2D eigenvalue weighted by atomic mass is 10.00. The van der Waals surface area contributed by atoms with Crippen LogP contribution >= 0.6 is 0 Å². The number of hydrogen-bond donors (Lipinski definition) is 2. The molecule has 0 radical (unpaired) electrons. The molecule has 3 aromatic rings. The minimum absolute atomic E-state index is 0.126. The van der Waals surface area contributed by atoms with Crippen LogP contribution in [-0.2, 0) is 12.8 Å². The van der Waals surface area contributed by atoms with Crippen molar-refractivity contribution < 1.29 is 4.79 Å². The second kappa shape index (κ2) is 6.05. The molecule has 6 nitrogen and oxygen atoms in total. The molecule has 0 atom stereocenters. The molecule has 24 heavy (non-hydrogen) atoms. The molecular formula is C18H19N5O. The van der Waals surface area contributed by atoms with Crippen LogP contribution in [0.1, 0.15) is 27.2 Å². The highest BCUT2D eigenvalue weighted by molar-refractivity contribution is 6.06. The Morgan fingerprint density at radius 3 is 2.96 bits per heavy atom. The number of rotatable bonds is 2. The van der Waals surface area contributed by atoms with Gasteiger partial charge in [-0.2, -0.15) is 5.10 Å². The van der Waals surface area contributed by atoms with E-state index in [4.69, 9.17) is 0 Å². The van der Waals surface area contributed by atoms with Crippen molar-refractivity contribution >= 4 is 17.2 Å². The molecule has 0 spiro atoms. The predicted octanol–water partition coefficient (Wildman–Crippen LogP) is 1.98. The van der Waals surface area contributed by atoms with Crippen molar-refractivity contribution in [3.63, 3.8) is 0 Å². The second-order valence-electron chi connectivity index (χ2n) is 6.04. The van der Waals surface area contributed by atoms with Gasteiger partial charge in [0.25, 0.3) is 5.91 Å². The first-order chi connectivity index (χ1) is 11.7. The van der Waals surface area contributed by atoms with E-state index >= 15 is 0 Å². The molecule has 2 aromatic heterocycles. The summed E-state index contributed by atoms with van der Waals surface area (Å²) in [6.07, 6.45) is 5.48. The Kier molecular flexibility index (Phi) is 3.74. The van der Waals surface area contributed by atoms with Crippen LogP contribution in [0.3, 0.4) is 0 Å². The van der Waals surface area contributed by atoms with Crippen LogP contribution in [0.25, 0.3) is 5.65 Å². The van der Waals surface area contributed by atoms with E-state index in [9.17, 15) is 4.79 Å². The Morgan fingerprint density at radius 1 is 1.25 bits per heavy atom. The second-order valence-corrected chi connectivity index (χ2v) is 6.04. The quantitative estimate of drug-likeness (QED) is 0.757. The lowest BCUT2D eigenvalue weighted by molar-refractivity contribution is 0.102. The zero-order valence-electron chi connectivity index (χ0n) is 13.5. The molecule has 1 aliphatic rings. The van der Waals surface area contributed by atoms with Crippen molar-refractivity contribution in [1.29, 1.82) is 0 Å². The Labute approximate surface area is 139 Å². The molecule has 0 saturated carbocycles. The van der Waals surface area contributed by atoms with Gasteiger partial charge in [0.05, 0.1) is 5.69 Å². The molecule has 4 rings (SSSR count). The summed E-state index contributed by atoms with van der Waals surface area (Å²) in [7, 11) is 0. The van der Waals surface area contributed by atoms with Gasteiger partial charge in [0, 0.05) is 18.0 Å². The minimum Gasteiger partial charge on any atom is -0.317 e. The van der Waals surface area contributed by atoms with Crippen molar-refractivity contribution in [2.24, 2.45) is 0 Å². The molecule has 122 valence electrons. The number of carbonyl (C=O) groups excluding carboxylic acids is 1. The number of nitrogens with zero attached hydrogens (tertiary/aromatic N) is 3. The van der Waals surface area contributed by atoms with Gasteiger partial charge in [0.15, 0.2) is 5.65 Å². The smallest absolute Gasteiger partial charge is 0.255 e. The number of anilines is 1. The Balaban J connectivity index is 1.64. The summed E-state index contributed by atoms with van der Waals surface area (Å²) in [6, 6.07) is 7.78. The molecule has 0 unspecified atom stereocenters. The van der Waals surface area contributed by atoms with Crippen molar-refractivity contribution in [3.8, 4) is 0 Å². The maximum atomic E-state index is 12.7. The summed E-state index contributed by atoms with van der Waals surface area (Å²) in [6.45, 7) is 3.81. The van der Waals surface area contributed by atoms with Crippen LogP contribution in [0.4, 0.5) is 5.69 Å². The first-order valence-corrected chi connectivity index (χ1v) is 8.16. The maximum Gasteiger partial charge on any atom is 0.255 e. The topological polar surface area (TPSA) is 71.3 Å². The van der Waals surface area contributed by atoms with Gasteiger partial charge in [-0.1, -0.05) is 6.07 Å². The summed E-state index contributed by atoms with van der Waals surface area (Å²) < 4.78 is 1.67. The summed E-state index contributed by atoms with van der Waals surface area (Å²) >= 11 is 0. The van der Waals surface area contributed by atoms with Crippen LogP contribution in [0.15, 0.2) is 36.7 Å². The first kappa shape index (κ1) is 14.8. The monoisotopic (exact) mass is 321 g/mol. The van der Waals surface area contributed by atoms with Crippen molar-refractivity contribution in [3.05, 3.63) is 59.0 Å². The molecule has 1 aromatic carbocycles. The first-order valence-electron chi connectivity index (χ1n) is 8.16. The number of aryl methyl sites for hydroxylation is 1. The van der Waals surface area contributed by atoms with E-state index in [1.54, 1.807) is 10.7 Å². The average Bonchev–Trinajstić information content (AvgIpc) is 2.77. The van der Waals surface area contributed by atoms with E-state index in [1.165, 1.54) is 11.1 Å². The van der Waals surface area contributed by atoms with Gasteiger partial charge < -0.3 is 10.6 Å². The lowest BCUT2D eigenvalue weighted by Gasteiger charge is -2.09. The van der Waals surface area contributed by atoms with Crippen molar-refractivity contribution in [2.45, 2.75) is 19.8 Å². The highest BCUT2D eigenvalue weighted by atomic mass is 16.1. The molecule has 0 aliphatic carbocycles. The van der Waals surface area contributed by atoms with E-state index in [2.05, 4.69) is 26.8 Å². The van der Waals surface area contributed by atoms with E-state index in [0.717, 1.165) is 31.6 Å². The standard InChI is InChI=1S/C18H19N5O/c1-12-16(17-20-7-2-10-23(17)22-12)21-18(24)15-4-3-13-5-8-19-9-6-14(13)11-15/h2-4,7,10-11,19H,5-6,8-9H2,1H3,(H,21,24). The molecule has 0 fully saturated rings. The number of amides is 1. The third-order valence-corrected chi connectivity index (χ3v) is 4.42. The number of fused-ring (bicyclic) bond motifs is 2. The van der Waals surface area contributed by atoms with Gasteiger partial charge in [-0.15, -0.1) is 0 Å². The number of hydrogen-bond acceptors (Lipinski definition) is 4. The number of nitrogens with one attached hydrogen (secondary N) is 2. The van der Waals surface area contributed by atoms with Crippen molar-refractivity contribution in [2.75, 3.05) is 18.4 Å². The highest BCUT2D eigenvalue weighted by Crippen LogP contribution is 2.21. The number of benzene rings is 1. The van der Waals surface area contributed by atoms with Gasteiger partial charge in [-0.05, 0) is 62.2 Å². The van der Waals surface area contributed by atoms with Crippen LogP contribution in [0.5, 0.6) is 0 Å². The Hall–Kier alpha value is -2.73. The molecular weight excluding hydrogens is 302 g/mol. The molecule has 6 heteroatoms. The molecule has 0 bridgehead atoms. The van der Waals surface area contributed by atoms with Gasteiger partial charge >= 0.3 is 0 Å². The summed E-state index contributed by atoms with van der Waals surface area (Å²) in [5, 5.41) is 10.7. The fourth-order valence-electron chi connectivity index (χ4n) is 3.14. The van der Waals surface area contributed by atoms with E-state index in [1.807, 2.05) is 31.3 Å². The normalized spacial score (nSPS) is 14.2. The molecule has 3 heterocycles. The van der Waals surface area contributed by atoms with E-state index in [0.29, 0.717) is 16.9 Å². The van der Waals surface area contributed by atoms with E-state index in [-0.39, 0.29) is 5.91 Å². The van der Waals surface area contributed by atoms with Gasteiger partial charge in [0.2, 0.25) is 0 Å². The number of aromatic nitrogens is 3. The largest absolute Gasteiger partial charge is 0.317 e. The molecule has 0 saturated heterocycles. The van der Waals surface area contributed by atoms with Crippen LogP contribution in [0, 0.1) is 6.92 Å². The Bertz CT molecular complexity index is 915. The predicted molar refractivity (Wildman–Crippen MR) is 92.4 cm³/mol. The highest BCUT2D eigenvalue weighted by Gasteiger charge is 2.16. The van der Waals surface area contributed by atoms with Crippen LogP contribution in [0.2, 0.25) is 0 Å². The maximum absolute atomic E-state index is 12.7. The zero-order valence-corrected chi connectivity index (χ0v) is 13.5. The summed E-state index contributed by atoms with van der Waals surface area (Å²) in [4.78, 5) is 17.0. The van der Waals surface area contributed by atoms with Crippen LogP contribution in [-0.4, -0.2) is 33.6 Å². The summed E-state index contributed by atoms with van der Waals surface area (Å²) in [5.41, 5.74) is 5.32. The molecule has 1 amide bonds. The van der Waals surface area contributed by atoms with E-state index < -0.39 is 0 Å². The van der Waals surface area contributed by atoms with Crippen molar-refractivity contribution in [1.82, 2.24) is 19.9 Å². The average molecular weight is 321 g/mol. The van der Waals surface area contributed by atoms with Gasteiger partial charge in [0.1, 0.15) is 5.69 Å². The fourth-order valence-corrected chi connectivity index (χ4v) is 3.14. The zero-order chi connectivity index (χ0) is 16.5.